The zero-order chi connectivity index (χ0) is 14.9. The normalized spacial score (nSPS) is 21.1. The zero-order valence-corrected chi connectivity index (χ0v) is 12.7. The van der Waals surface area contributed by atoms with Gasteiger partial charge in [0.05, 0.1) is 0 Å². The highest BCUT2D eigenvalue weighted by Crippen LogP contribution is 2.40. The van der Waals surface area contributed by atoms with Crippen molar-refractivity contribution in [1.29, 1.82) is 0 Å². The second-order valence-corrected chi connectivity index (χ2v) is 6.28. The van der Waals surface area contributed by atoms with E-state index >= 15 is 0 Å². The predicted octanol–water partition coefficient (Wildman–Crippen LogP) is 4.25. The molecule has 1 aliphatic carbocycles. The lowest BCUT2D eigenvalue weighted by Gasteiger charge is -2.39. The average Bonchev–Trinajstić information content (AvgIpc) is 2.51. The van der Waals surface area contributed by atoms with Crippen LogP contribution in [0.1, 0.15) is 29.5 Å². The summed E-state index contributed by atoms with van der Waals surface area (Å²) in [5.41, 5.74) is 9.11. The van der Waals surface area contributed by atoms with Crippen LogP contribution in [0.4, 0.5) is 4.39 Å². The van der Waals surface area contributed by atoms with Gasteiger partial charge in [0, 0.05) is 22.5 Å². The SMILES string of the molecule is NCC1(Cc2c(F)cccc2Cl)CCCc2ccccc21. The minimum atomic E-state index is -0.238. The Morgan fingerprint density at radius 2 is 1.95 bits per heavy atom. The molecule has 0 saturated heterocycles. The smallest absolute Gasteiger partial charge is 0.127 e. The summed E-state index contributed by atoms with van der Waals surface area (Å²) in [6.07, 6.45) is 3.69. The van der Waals surface area contributed by atoms with Gasteiger partial charge < -0.3 is 5.73 Å². The van der Waals surface area contributed by atoms with Crippen LogP contribution in [0.15, 0.2) is 42.5 Å². The molecule has 0 aliphatic heterocycles. The Bertz CT molecular complexity index is 635. The van der Waals surface area contributed by atoms with Crippen LogP contribution in [-0.2, 0) is 18.3 Å². The average molecular weight is 304 g/mol. The summed E-state index contributed by atoms with van der Waals surface area (Å²) in [4.78, 5) is 0. The standard InChI is InChI=1S/C18H19ClFN/c19-16-8-3-9-17(20)14(16)11-18(12-21)10-4-6-13-5-1-2-7-15(13)18/h1-3,5,7-9H,4,6,10-12,21H2. The maximum Gasteiger partial charge on any atom is 0.127 e. The number of nitrogens with two attached hydrogens (primary N) is 1. The molecule has 1 aliphatic rings. The van der Waals surface area contributed by atoms with E-state index in [0.29, 0.717) is 23.6 Å². The van der Waals surface area contributed by atoms with Gasteiger partial charge in [-0.2, -0.15) is 0 Å². The minimum Gasteiger partial charge on any atom is -0.330 e. The summed E-state index contributed by atoms with van der Waals surface area (Å²) < 4.78 is 14.2. The van der Waals surface area contributed by atoms with Crippen molar-refractivity contribution in [3.63, 3.8) is 0 Å². The van der Waals surface area contributed by atoms with E-state index in [1.54, 1.807) is 12.1 Å². The summed E-state index contributed by atoms with van der Waals surface area (Å²) in [5, 5.41) is 0.492. The van der Waals surface area contributed by atoms with Crippen molar-refractivity contribution in [2.24, 2.45) is 5.73 Å². The molecule has 3 rings (SSSR count). The van der Waals surface area contributed by atoms with Crippen LogP contribution in [0.5, 0.6) is 0 Å². The number of halogens is 2. The van der Waals surface area contributed by atoms with Crippen LogP contribution in [0.25, 0.3) is 0 Å². The predicted molar refractivity (Wildman–Crippen MR) is 85.2 cm³/mol. The van der Waals surface area contributed by atoms with Gasteiger partial charge >= 0.3 is 0 Å². The van der Waals surface area contributed by atoms with Crippen LogP contribution >= 0.6 is 11.6 Å². The van der Waals surface area contributed by atoms with Crippen molar-refractivity contribution in [3.05, 3.63) is 70.0 Å². The largest absolute Gasteiger partial charge is 0.330 e. The molecule has 110 valence electrons. The molecule has 2 aromatic rings. The summed E-state index contributed by atoms with van der Waals surface area (Å²) in [7, 11) is 0. The lowest BCUT2D eigenvalue weighted by molar-refractivity contribution is 0.361. The third kappa shape index (κ3) is 2.58. The monoisotopic (exact) mass is 303 g/mol. The van der Waals surface area contributed by atoms with Crippen molar-refractivity contribution in [2.75, 3.05) is 6.54 Å². The second-order valence-electron chi connectivity index (χ2n) is 5.87. The quantitative estimate of drug-likeness (QED) is 0.901. The fourth-order valence-corrected chi connectivity index (χ4v) is 3.74. The molecule has 0 bridgehead atoms. The molecule has 1 nitrogen and oxygen atoms in total. The molecule has 0 amide bonds. The summed E-state index contributed by atoms with van der Waals surface area (Å²) in [5.74, 6) is -0.238. The van der Waals surface area contributed by atoms with Crippen LogP contribution in [0, 0.1) is 5.82 Å². The van der Waals surface area contributed by atoms with Gasteiger partial charge in [0.15, 0.2) is 0 Å². The van der Waals surface area contributed by atoms with Gasteiger partial charge in [0.25, 0.3) is 0 Å². The number of benzene rings is 2. The number of fused-ring (bicyclic) bond motifs is 1. The molecule has 0 fully saturated rings. The van der Waals surface area contributed by atoms with E-state index < -0.39 is 0 Å². The van der Waals surface area contributed by atoms with Gasteiger partial charge in [-0.3, -0.25) is 0 Å². The summed E-state index contributed by atoms with van der Waals surface area (Å²) in [6, 6.07) is 13.3. The molecule has 3 heteroatoms. The van der Waals surface area contributed by atoms with Crippen molar-refractivity contribution >= 4 is 11.6 Å². The molecule has 1 unspecified atom stereocenters. The number of hydrogen-bond acceptors (Lipinski definition) is 1. The Kier molecular flexibility index (Phi) is 4.01. The maximum absolute atomic E-state index is 14.2. The highest BCUT2D eigenvalue weighted by atomic mass is 35.5. The fourth-order valence-electron chi connectivity index (χ4n) is 3.51. The number of rotatable bonds is 3. The molecule has 2 N–H and O–H groups in total. The second kappa shape index (κ2) is 5.78. The maximum atomic E-state index is 14.2. The van der Waals surface area contributed by atoms with Crippen molar-refractivity contribution in [1.82, 2.24) is 0 Å². The van der Waals surface area contributed by atoms with Gasteiger partial charge in [-0.25, -0.2) is 4.39 Å². The van der Waals surface area contributed by atoms with E-state index in [9.17, 15) is 4.39 Å². The van der Waals surface area contributed by atoms with Gasteiger partial charge in [-0.15, -0.1) is 0 Å². The van der Waals surface area contributed by atoms with Crippen molar-refractivity contribution in [2.45, 2.75) is 31.1 Å². The van der Waals surface area contributed by atoms with Crippen molar-refractivity contribution in [3.8, 4) is 0 Å². The van der Waals surface area contributed by atoms with Gasteiger partial charge in [-0.1, -0.05) is 41.9 Å². The summed E-state index contributed by atoms with van der Waals surface area (Å²) >= 11 is 6.21. The van der Waals surface area contributed by atoms with E-state index in [1.165, 1.54) is 17.2 Å². The van der Waals surface area contributed by atoms with Crippen LogP contribution < -0.4 is 5.73 Å². The molecule has 2 aromatic carbocycles. The lowest BCUT2D eigenvalue weighted by Crippen LogP contribution is -2.40. The Labute approximate surface area is 129 Å². The fraction of sp³-hybridized carbons (Fsp3) is 0.333. The Balaban J connectivity index is 2.07. The van der Waals surface area contributed by atoms with E-state index in [1.807, 2.05) is 6.07 Å². The van der Waals surface area contributed by atoms with Crippen LogP contribution in [-0.4, -0.2) is 6.54 Å². The Morgan fingerprint density at radius 3 is 2.71 bits per heavy atom. The highest BCUT2D eigenvalue weighted by molar-refractivity contribution is 6.31. The molecular weight excluding hydrogens is 285 g/mol. The van der Waals surface area contributed by atoms with Crippen LogP contribution in [0.2, 0.25) is 5.02 Å². The third-order valence-corrected chi connectivity index (χ3v) is 5.01. The molecule has 0 aromatic heterocycles. The first kappa shape index (κ1) is 14.6. The molecular formula is C18H19ClFN. The Hall–Kier alpha value is -1.38. The minimum absolute atomic E-state index is 0.208. The van der Waals surface area contributed by atoms with Gasteiger partial charge in [-0.05, 0) is 48.9 Å². The van der Waals surface area contributed by atoms with E-state index in [4.69, 9.17) is 17.3 Å². The third-order valence-electron chi connectivity index (χ3n) is 4.66. The molecule has 21 heavy (non-hydrogen) atoms. The topological polar surface area (TPSA) is 26.0 Å². The van der Waals surface area contributed by atoms with E-state index in [2.05, 4.69) is 18.2 Å². The molecule has 0 spiro atoms. The Morgan fingerprint density at radius 1 is 1.14 bits per heavy atom. The zero-order valence-electron chi connectivity index (χ0n) is 11.9. The van der Waals surface area contributed by atoms with Crippen molar-refractivity contribution < 1.29 is 4.39 Å². The van der Waals surface area contributed by atoms with Gasteiger partial charge in [0.1, 0.15) is 5.82 Å². The number of aryl methyl sites for hydroxylation is 1. The molecule has 0 saturated carbocycles. The first-order valence-corrected chi connectivity index (χ1v) is 7.75. The highest BCUT2D eigenvalue weighted by Gasteiger charge is 2.36. The summed E-state index contributed by atoms with van der Waals surface area (Å²) in [6.45, 7) is 0.509. The van der Waals surface area contributed by atoms with Gasteiger partial charge in [0.2, 0.25) is 0 Å². The molecule has 0 radical (unpaired) electrons. The van der Waals surface area contributed by atoms with Crippen LogP contribution in [0.3, 0.4) is 0 Å². The first-order valence-electron chi connectivity index (χ1n) is 7.38. The molecule has 0 heterocycles. The first-order chi connectivity index (χ1) is 10.2. The lowest BCUT2D eigenvalue weighted by atomic mass is 9.67. The van der Waals surface area contributed by atoms with E-state index in [-0.39, 0.29) is 11.2 Å². The van der Waals surface area contributed by atoms with E-state index in [0.717, 1.165) is 19.3 Å². The number of hydrogen-bond donors (Lipinski definition) is 1. The molecule has 1 atom stereocenters.